The zero-order valence-electron chi connectivity index (χ0n) is 8.82. The summed E-state index contributed by atoms with van der Waals surface area (Å²) in [7, 11) is 1.77. The van der Waals surface area contributed by atoms with E-state index in [9.17, 15) is 0 Å². The lowest BCUT2D eigenvalue weighted by Gasteiger charge is -2.14. The number of pyridine rings is 1. The molecular formula is C11H15ClN2O. The van der Waals surface area contributed by atoms with Crippen LogP contribution in [0, 0.1) is 0 Å². The Morgan fingerprint density at radius 1 is 1.67 bits per heavy atom. The molecule has 4 heteroatoms. The molecule has 1 saturated heterocycles. The maximum atomic E-state index is 5.90. The predicted molar refractivity (Wildman–Crippen MR) is 59.9 cm³/mol. The van der Waals surface area contributed by atoms with Gasteiger partial charge in [-0.15, -0.1) is 0 Å². The van der Waals surface area contributed by atoms with Crippen molar-refractivity contribution in [2.45, 2.75) is 19.1 Å². The highest BCUT2D eigenvalue weighted by molar-refractivity contribution is 6.30. The van der Waals surface area contributed by atoms with Crippen LogP contribution in [0.25, 0.3) is 0 Å². The second-order valence-electron chi connectivity index (χ2n) is 3.85. The summed E-state index contributed by atoms with van der Waals surface area (Å²) in [6.45, 7) is 2.93. The van der Waals surface area contributed by atoms with Crippen molar-refractivity contribution in [2.24, 2.45) is 0 Å². The predicted octanol–water partition coefficient (Wildman–Crippen LogP) is 1.96. The number of likely N-dealkylation sites (tertiary alicyclic amines) is 1. The summed E-state index contributed by atoms with van der Waals surface area (Å²) in [6, 6.07) is 3.72. The number of hydrogen-bond donors (Lipinski definition) is 0. The van der Waals surface area contributed by atoms with Gasteiger partial charge in [-0.25, -0.2) is 0 Å². The van der Waals surface area contributed by atoms with Gasteiger partial charge in [0.1, 0.15) is 0 Å². The molecule has 0 bridgehead atoms. The van der Waals surface area contributed by atoms with E-state index in [-0.39, 0.29) is 0 Å². The lowest BCUT2D eigenvalue weighted by molar-refractivity contribution is 0.107. The van der Waals surface area contributed by atoms with Crippen LogP contribution in [0.5, 0.6) is 0 Å². The Morgan fingerprint density at radius 2 is 2.53 bits per heavy atom. The molecule has 1 unspecified atom stereocenters. The SMILES string of the molecule is COC1CCN(Cc2cc(Cl)ccn2)C1. The fourth-order valence-electron chi connectivity index (χ4n) is 1.90. The van der Waals surface area contributed by atoms with Crippen LogP contribution in [0.4, 0.5) is 0 Å². The Hall–Kier alpha value is -0.640. The van der Waals surface area contributed by atoms with Crippen LogP contribution in [-0.2, 0) is 11.3 Å². The molecule has 0 radical (unpaired) electrons. The van der Waals surface area contributed by atoms with Gasteiger partial charge in [0.15, 0.2) is 0 Å². The molecule has 0 N–H and O–H groups in total. The van der Waals surface area contributed by atoms with Crippen molar-refractivity contribution in [3.63, 3.8) is 0 Å². The summed E-state index contributed by atoms with van der Waals surface area (Å²) in [6.07, 6.45) is 3.24. The maximum absolute atomic E-state index is 5.90. The Kier molecular flexibility index (Phi) is 3.57. The summed E-state index contributed by atoms with van der Waals surface area (Å²) in [5, 5.41) is 0.752. The number of nitrogens with zero attached hydrogens (tertiary/aromatic N) is 2. The van der Waals surface area contributed by atoms with Crippen LogP contribution in [0.15, 0.2) is 18.3 Å². The van der Waals surface area contributed by atoms with Crippen molar-refractivity contribution in [1.29, 1.82) is 0 Å². The fraction of sp³-hybridized carbons (Fsp3) is 0.545. The average Bonchev–Trinajstić information content (AvgIpc) is 2.65. The zero-order valence-corrected chi connectivity index (χ0v) is 9.57. The van der Waals surface area contributed by atoms with Gasteiger partial charge in [0.2, 0.25) is 0 Å². The van der Waals surface area contributed by atoms with Gasteiger partial charge in [0, 0.05) is 38.0 Å². The average molecular weight is 227 g/mol. The number of aromatic nitrogens is 1. The number of ether oxygens (including phenoxy) is 1. The normalized spacial score (nSPS) is 22.1. The van der Waals surface area contributed by atoms with Crippen LogP contribution < -0.4 is 0 Å². The minimum absolute atomic E-state index is 0.379. The standard InChI is InChI=1S/C11H15ClN2O/c1-15-11-3-5-14(8-11)7-10-6-9(12)2-4-13-10/h2,4,6,11H,3,5,7-8H2,1H3. The van der Waals surface area contributed by atoms with Crippen molar-refractivity contribution in [3.8, 4) is 0 Å². The van der Waals surface area contributed by atoms with E-state index in [1.807, 2.05) is 6.07 Å². The van der Waals surface area contributed by atoms with Gasteiger partial charge >= 0.3 is 0 Å². The molecular weight excluding hydrogens is 212 g/mol. The molecule has 0 aromatic carbocycles. The molecule has 1 atom stereocenters. The minimum Gasteiger partial charge on any atom is -0.380 e. The van der Waals surface area contributed by atoms with Crippen molar-refractivity contribution in [1.82, 2.24) is 9.88 Å². The molecule has 1 aliphatic rings. The molecule has 3 nitrogen and oxygen atoms in total. The topological polar surface area (TPSA) is 25.4 Å². The third kappa shape index (κ3) is 2.91. The number of methoxy groups -OCH3 is 1. The molecule has 1 fully saturated rings. The first-order chi connectivity index (χ1) is 7.28. The van der Waals surface area contributed by atoms with E-state index >= 15 is 0 Å². The van der Waals surface area contributed by atoms with Crippen molar-refractivity contribution < 1.29 is 4.74 Å². The highest BCUT2D eigenvalue weighted by Crippen LogP contribution is 2.16. The highest BCUT2D eigenvalue weighted by Gasteiger charge is 2.21. The Bertz CT molecular complexity index is 332. The monoisotopic (exact) mass is 226 g/mol. The third-order valence-electron chi connectivity index (χ3n) is 2.73. The van der Waals surface area contributed by atoms with Crippen LogP contribution in [0.1, 0.15) is 12.1 Å². The lowest BCUT2D eigenvalue weighted by atomic mass is 10.3. The molecule has 0 amide bonds. The quantitative estimate of drug-likeness (QED) is 0.788. The molecule has 1 aliphatic heterocycles. The van der Waals surface area contributed by atoms with E-state index in [2.05, 4.69) is 9.88 Å². The number of rotatable bonds is 3. The van der Waals surface area contributed by atoms with Crippen LogP contribution in [0.3, 0.4) is 0 Å². The summed E-state index contributed by atoms with van der Waals surface area (Å²) in [4.78, 5) is 6.63. The van der Waals surface area contributed by atoms with Crippen LogP contribution in [-0.4, -0.2) is 36.2 Å². The van der Waals surface area contributed by atoms with E-state index < -0.39 is 0 Å². The number of hydrogen-bond acceptors (Lipinski definition) is 3. The van der Waals surface area contributed by atoms with E-state index in [0.717, 1.165) is 36.8 Å². The van der Waals surface area contributed by atoms with Crippen LogP contribution >= 0.6 is 11.6 Å². The molecule has 0 saturated carbocycles. The minimum atomic E-state index is 0.379. The van der Waals surface area contributed by atoms with Gasteiger partial charge in [0.05, 0.1) is 11.8 Å². The number of halogens is 1. The summed E-state index contributed by atoms with van der Waals surface area (Å²) in [5.74, 6) is 0. The smallest absolute Gasteiger partial charge is 0.0710 e. The second kappa shape index (κ2) is 4.92. The van der Waals surface area contributed by atoms with Gasteiger partial charge < -0.3 is 4.74 Å². The first-order valence-corrected chi connectivity index (χ1v) is 5.51. The molecule has 1 aromatic rings. The molecule has 2 rings (SSSR count). The highest BCUT2D eigenvalue weighted by atomic mass is 35.5. The van der Waals surface area contributed by atoms with E-state index in [1.54, 1.807) is 19.4 Å². The second-order valence-corrected chi connectivity index (χ2v) is 4.28. The van der Waals surface area contributed by atoms with E-state index in [4.69, 9.17) is 16.3 Å². The first-order valence-electron chi connectivity index (χ1n) is 5.13. The van der Waals surface area contributed by atoms with Crippen molar-refractivity contribution in [3.05, 3.63) is 29.0 Å². The molecule has 1 aromatic heterocycles. The zero-order chi connectivity index (χ0) is 10.7. The van der Waals surface area contributed by atoms with Gasteiger partial charge in [-0.05, 0) is 18.6 Å². The van der Waals surface area contributed by atoms with Gasteiger partial charge in [-0.3, -0.25) is 9.88 Å². The van der Waals surface area contributed by atoms with Gasteiger partial charge in [0.25, 0.3) is 0 Å². The first kappa shape index (κ1) is 10.9. The Labute approximate surface area is 95.0 Å². The van der Waals surface area contributed by atoms with E-state index in [1.165, 1.54) is 0 Å². The van der Waals surface area contributed by atoms with Crippen LogP contribution in [0.2, 0.25) is 5.02 Å². The van der Waals surface area contributed by atoms with Gasteiger partial charge in [-0.1, -0.05) is 11.6 Å². The lowest BCUT2D eigenvalue weighted by Crippen LogP contribution is -2.22. The maximum Gasteiger partial charge on any atom is 0.0710 e. The fourth-order valence-corrected chi connectivity index (χ4v) is 2.08. The Morgan fingerprint density at radius 3 is 3.20 bits per heavy atom. The molecule has 2 heterocycles. The molecule has 15 heavy (non-hydrogen) atoms. The van der Waals surface area contributed by atoms with E-state index in [0.29, 0.717) is 6.10 Å². The molecule has 82 valence electrons. The van der Waals surface area contributed by atoms with Crippen molar-refractivity contribution >= 4 is 11.6 Å². The van der Waals surface area contributed by atoms with Crippen molar-refractivity contribution in [2.75, 3.05) is 20.2 Å². The molecule has 0 spiro atoms. The summed E-state index contributed by atoms with van der Waals surface area (Å²) >= 11 is 5.90. The van der Waals surface area contributed by atoms with Gasteiger partial charge in [-0.2, -0.15) is 0 Å². The Balaban J connectivity index is 1.92. The largest absolute Gasteiger partial charge is 0.380 e. The summed E-state index contributed by atoms with van der Waals surface area (Å²) in [5.41, 5.74) is 1.03. The summed E-state index contributed by atoms with van der Waals surface area (Å²) < 4.78 is 5.31. The molecule has 0 aliphatic carbocycles. The third-order valence-corrected chi connectivity index (χ3v) is 2.96.